The van der Waals surface area contributed by atoms with Crippen molar-refractivity contribution in [2.75, 3.05) is 0 Å². The van der Waals surface area contributed by atoms with Gasteiger partial charge >= 0.3 is 5.97 Å². The van der Waals surface area contributed by atoms with Gasteiger partial charge < -0.3 is 10.2 Å². The second kappa shape index (κ2) is 6.30. The lowest BCUT2D eigenvalue weighted by Gasteiger charge is -2.22. The highest BCUT2D eigenvalue weighted by atomic mass is 35.5. The lowest BCUT2D eigenvalue weighted by molar-refractivity contribution is -0.139. The molecule has 5 nitrogen and oxygen atoms in total. The Bertz CT molecular complexity index is 580. The van der Waals surface area contributed by atoms with Crippen molar-refractivity contribution >= 4 is 39.0 Å². The predicted molar refractivity (Wildman–Crippen MR) is 75.7 cm³/mol. The smallest absolute Gasteiger partial charge is 0.305 e. The van der Waals surface area contributed by atoms with Crippen LogP contribution in [0.4, 0.5) is 0 Å². The van der Waals surface area contributed by atoms with E-state index in [-0.39, 0.29) is 4.90 Å². The Morgan fingerprint density at radius 3 is 2.25 bits per heavy atom. The number of aryl methyl sites for hydroxylation is 1. The van der Waals surface area contributed by atoms with Crippen molar-refractivity contribution < 1.29 is 23.4 Å². The lowest BCUT2D eigenvalue weighted by atomic mass is 10.2. The molecule has 1 unspecified atom stereocenters. The van der Waals surface area contributed by atoms with E-state index in [9.17, 15) is 18.3 Å². The van der Waals surface area contributed by atoms with E-state index >= 15 is 0 Å². The van der Waals surface area contributed by atoms with Crippen LogP contribution in [0.3, 0.4) is 0 Å². The number of aliphatic carboxylic acids is 1. The van der Waals surface area contributed by atoms with Crippen LogP contribution < -0.4 is 0 Å². The van der Waals surface area contributed by atoms with E-state index in [1.165, 1.54) is 12.1 Å². The fraction of sp³-hybridized carbons (Fsp3) is 0.417. The highest BCUT2D eigenvalue weighted by Crippen LogP contribution is 2.38. The van der Waals surface area contributed by atoms with Gasteiger partial charge in [-0.15, -0.1) is 0 Å². The number of carbonyl (C=O) groups is 1. The summed E-state index contributed by atoms with van der Waals surface area (Å²) in [5, 5.41) is 18.0. The maximum Gasteiger partial charge on any atom is 0.305 e. The number of aliphatic hydroxyl groups excluding tert-OH is 1. The maximum atomic E-state index is 12.3. The predicted octanol–water partition coefficient (Wildman–Crippen LogP) is 2.13. The first-order valence-electron chi connectivity index (χ1n) is 5.65. The molecule has 0 saturated heterocycles. The Labute approximate surface area is 127 Å². The highest BCUT2D eigenvalue weighted by Gasteiger charge is 2.43. The van der Waals surface area contributed by atoms with Gasteiger partial charge in [0.25, 0.3) is 0 Å². The van der Waals surface area contributed by atoms with Gasteiger partial charge in [-0.2, -0.15) is 0 Å². The standard InChI is InChI=1S/C12H14Cl2O5S/c1-8-2-4-10(5-3-8)20(18,19)12(13,14)7-9(15)6-11(16)17/h2-5,9,15H,6-7H2,1H3,(H,16,17). The average molecular weight is 341 g/mol. The summed E-state index contributed by atoms with van der Waals surface area (Å²) in [5.74, 6) is -1.27. The Kier molecular flexibility index (Phi) is 5.43. The van der Waals surface area contributed by atoms with Crippen molar-refractivity contribution in [3.63, 3.8) is 0 Å². The topological polar surface area (TPSA) is 91.7 Å². The molecule has 0 fully saturated rings. The van der Waals surface area contributed by atoms with Gasteiger partial charge in [0.15, 0.2) is 0 Å². The Hall–Kier alpha value is -0.820. The molecule has 1 rings (SSSR count). The summed E-state index contributed by atoms with van der Waals surface area (Å²) in [6.45, 7) is 1.79. The van der Waals surface area contributed by atoms with Gasteiger partial charge in [0.2, 0.25) is 13.5 Å². The zero-order chi connectivity index (χ0) is 15.6. The first-order chi connectivity index (χ1) is 9.06. The number of sulfone groups is 1. The molecule has 20 heavy (non-hydrogen) atoms. The molecule has 1 atom stereocenters. The minimum atomic E-state index is -4.11. The number of carboxylic acids is 1. The van der Waals surface area contributed by atoms with Gasteiger partial charge in [-0.3, -0.25) is 4.79 Å². The van der Waals surface area contributed by atoms with E-state index in [1.807, 2.05) is 0 Å². The summed E-state index contributed by atoms with van der Waals surface area (Å²) in [5.41, 5.74) is 0.865. The molecule has 1 aromatic rings. The highest BCUT2D eigenvalue weighted by molar-refractivity contribution is 7.95. The van der Waals surface area contributed by atoms with Crippen molar-refractivity contribution in [2.24, 2.45) is 0 Å². The van der Waals surface area contributed by atoms with Crippen LogP contribution >= 0.6 is 23.2 Å². The van der Waals surface area contributed by atoms with Crippen LogP contribution in [0.5, 0.6) is 0 Å². The number of rotatable bonds is 6. The molecule has 0 saturated carbocycles. The molecule has 0 aliphatic carbocycles. The SMILES string of the molecule is Cc1ccc(S(=O)(=O)C(Cl)(Cl)CC(O)CC(=O)O)cc1. The molecule has 0 radical (unpaired) electrons. The normalized spacial score (nSPS) is 14.0. The summed E-state index contributed by atoms with van der Waals surface area (Å²) in [6, 6.07) is 5.89. The molecule has 0 aromatic heterocycles. The minimum absolute atomic E-state index is 0.0874. The number of aliphatic hydroxyl groups is 1. The summed E-state index contributed by atoms with van der Waals surface area (Å²) in [7, 11) is -4.11. The maximum absolute atomic E-state index is 12.3. The van der Waals surface area contributed by atoms with Crippen molar-refractivity contribution in [1.82, 2.24) is 0 Å². The molecule has 1 aromatic carbocycles. The molecule has 8 heteroatoms. The summed E-state index contributed by atoms with van der Waals surface area (Å²) < 4.78 is 22.2. The number of alkyl halides is 2. The first kappa shape index (κ1) is 17.2. The lowest BCUT2D eigenvalue weighted by Crippen LogP contribution is -2.32. The molecule has 0 bridgehead atoms. The van der Waals surface area contributed by atoms with Gasteiger partial charge in [-0.1, -0.05) is 40.9 Å². The second-order valence-corrected chi connectivity index (χ2v) is 8.52. The van der Waals surface area contributed by atoms with Gasteiger partial charge in [0, 0.05) is 6.42 Å². The molecular formula is C12H14Cl2O5S. The quantitative estimate of drug-likeness (QED) is 0.774. The van der Waals surface area contributed by atoms with Crippen molar-refractivity contribution in [2.45, 2.75) is 34.4 Å². The number of hydrogen-bond acceptors (Lipinski definition) is 4. The van der Waals surface area contributed by atoms with Gasteiger partial charge in [-0.05, 0) is 19.1 Å². The van der Waals surface area contributed by atoms with Crippen molar-refractivity contribution in [1.29, 1.82) is 0 Å². The molecule has 0 aliphatic heterocycles. The monoisotopic (exact) mass is 340 g/mol. The van der Waals surface area contributed by atoms with Gasteiger partial charge in [0.1, 0.15) is 0 Å². The number of benzene rings is 1. The zero-order valence-electron chi connectivity index (χ0n) is 10.6. The summed E-state index contributed by atoms with van der Waals surface area (Å²) in [6.07, 6.45) is -2.69. The Morgan fingerprint density at radius 1 is 1.30 bits per heavy atom. The van der Waals surface area contributed by atoms with Crippen molar-refractivity contribution in [3.8, 4) is 0 Å². The molecule has 0 heterocycles. The molecule has 0 aliphatic rings. The molecular weight excluding hydrogens is 327 g/mol. The van der Waals surface area contributed by atoms with E-state index < -0.39 is 38.4 Å². The van der Waals surface area contributed by atoms with E-state index in [4.69, 9.17) is 28.3 Å². The van der Waals surface area contributed by atoms with Crippen LogP contribution in [0.15, 0.2) is 29.2 Å². The van der Waals surface area contributed by atoms with Crippen molar-refractivity contribution in [3.05, 3.63) is 29.8 Å². The third kappa shape index (κ3) is 4.09. The molecule has 0 amide bonds. The van der Waals surface area contributed by atoms with Crippen LogP contribution in [0.25, 0.3) is 0 Å². The first-order valence-corrected chi connectivity index (χ1v) is 7.89. The fourth-order valence-corrected chi connectivity index (χ4v) is 3.69. The minimum Gasteiger partial charge on any atom is -0.481 e. The number of carboxylic acid groups (broad SMARTS) is 1. The summed E-state index contributed by atoms with van der Waals surface area (Å²) >= 11 is 11.6. The van der Waals surface area contributed by atoms with Gasteiger partial charge in [0.05, 0.1) is 17.4 Å². The zero-order valence-corrected chi connectivity index (χ0v) is 12.9. The van der Waals surface area contributed by atoms with Gasteiger partial charge in [-0.25, -0.2) is 8.42 Å². The van der Waals surface area contributed by atoms with E-state index in [1.54, 1.807) is 19.1 Å². The van der Waals surface area contributed by atoms with E-state index in [2.05, 4.69) is 0 Å². The number of halogens is 2. The summed E-state index contributed by atoms with van der Waals surface area (Å²) in [4.78, 5) is 10.4. The van der Waals surface area contributed by atoms with E-state index in [0.29, 0.717) is 0 Å². The van der Waals surface area contributed by atoms with E-state index in [0.717, 1.165) is 5.56 Å². The average Bonchev–Trinajstić information content (AvgIpc) is 2.27. The fourth-order valence-electron chi connectivity index (χ4n) is 1.55. The number of hydrogen-bond donors (Lipinski definition) is 2. The van der Waals surface area contributed by atoms with Crippen LogP contribution in [-0.2, 0) is 14.6 Å². The van der Waals surface area contributed by atoms with Crippen LogP contribution in [-0.4, -0.2) is 34.4 Å². The Balaban J connectivity index is 3.00. The third-order valence-electron chi connectivity index (χ3n) is 2.61. The third-order valence-corrected chi connectivity index (χ3v) is 5.98. The van der Waals surface area contributed by atoms with Crippen LogP contribution in [0, 0.1) is 6.92 Å². The van der Waals surface area contributed by atoms with Crippen LogP contribution in [0.1, 0.15) is 18.4 Å². The Morgan fingerprint density at radius 2 is 1.80 bits per heavy atom. The second-order valence-electron chi connectivity index (χ2n) is 4.41. The molecule has 112 valence electrons. The largest absolute Gasteiger partial charge is 0.481 e. The van der Waals surface area contributed by atoms with Crippen LogP contribution in [0.2, 0.25) is 0 Å². The molecule has 0 spiro atoms. The molecule has 2 N–H and O–H groups in total.